The normalized spacial score (nSPS) is 10.8. The first-order valence-corrected chi connectivity index (χ1v) is 9.90. The Bertz CT molecular complexity index is 1330. The monoisotopic (exact) mass is 440 g/mol. The number of thiazole rings is 1. The summed E-state index contributed by atoms with van der Waals surface area (Å²) in [5.41, 5.74) is 0.858. The van der Waals surface area contributed by atoms with Gasteiger partial charge in [0.25, 0.3) is 17.2 Å². The number of nitro benzene ring substituents is 1. The SMILES string of the molecule is O=C(Nc1nc2ccc([N+](=O)[O-])cc2s1)c1cccn(Cc2ccc(Cl)cc2)c1=O. The lowest BCUT2D eigenvalue weighted by atomic mass is 10.2. The number of pyridine rings is 1. The summed E-state index contributed by atoms with van der Waals surface area (Å²) in [4.78, 5) is 40.1. The Morgan fingerprint density at radius 3 is 2.70 bits per heavy atom. The van der Waals surface area contributed by atoms with E-state index in [9.17, 15) is 19.7 Å². The summed E-state index contributed by atoms with van der Waals surface area (Å²) in [5.74, 6) is -0.598. The number of anilines is 1. The number of aromatic nitrogens is 2. The van der Waals surface area contributed by atoms with Crippen molar-refractivity contribution in [1.82, 2.24) is 9.55 Å². The van der Waals surface area contributed by atoms with E-state index < -0.39 is 16.4 Å². The maximum Gasteiger partial charge on any atom is 0.270 e. The number of non-ortho nitro benzene ring substituents is 1. The molecule has 30 heavy (non-hydrogen) atoms. The number of hydrogen-bond donors (Lipinski definition) is 1. The third kappa shape index (κ3) is 4.07. The number of carbonyl (C=O) groups is 1. The Morgan fingerprint density at radius 1 is 1.20 bits per heavy atom. The van der Waals surface area contributed by atoms with E-state index in [0.717, 1.165) is 16.9 Å². The van der Waals surface area contributed by atoms with Crippen LogP contribution in [0.2, 0.25) is 5.02 Å². The van der Waals surface area contributed by atoms with Crippen LogP contribution < -0.4 is 10.9 Å². The molecule has 0 spiro atoms. The van der Waals surface area contributed by atoms with Crippen molar-refractivity contribution < 1.29 is 9.72 Å². The van der Waals surface area contributed by atoms with Gasteiger partial charge < -0.3 is 4.57 Å². The van der Waals surface area contributed by atoms with Gasteiger partial charge in [0.15, 0.2) is 5.13 Å². The van der Waals surface area contributed by atoms with Gasteiger partial charge in [0, 0.05) is 23.4 Å². The van der Waals surface area contributed by atoms with Crippen LogP contribution in [0.1, 0.15) is 15.9 Å². The highest BCUT2D eigenvalue weighted by Gasteiger charge is 2.16. The van der Waals surface area contributed by atoms with Gasteiger partial charge in [-0.3, -0.25) is 25.0 Å². The third-order valence-corrected chi connectivity index (χ3v) is 5.52. The molecule has 0 fully saturated rings. The van der Waals surface area contributed by atoms with Crippen molar-refractivity contribution >= 4 is 49.9 Å². The zero-order chi connectivity index (χ0) is 21.3. The molecule has 4 aromatic rings. The van der Waals surface area contributed by atoms with E-state index >= 15 is 0 Å². The van der Waals surface area contributed by atoms with Crippen molar-refractivity contribution in [3.05, 3.63) is 97.4 Å². The number of benzene rings is 2. The van der Waals surface area contributed by atoms with Crippen LogP contribution in [-0.4, -0.2) is 20.4 Å². The second kappa shape index (κ2) is 8.05. The maximum absolute atomic E-state index is 12.7. The fraction of sp³-hybridized carbons (Fsp3) is 0.0500. The third-order valence-electron chi connectivity index (χ3n) is 4.33. The molecular weight excluding hydrogens is 428 g/mol. The molecule has 0 unspecified atom stereocenters. The number of halogens is 1. The fourth-order valence-corrected chi connectivity index (χ4v) is 3.89. The molecule has 2 aromatic carbocycles. The van der Waals surface area contributed by atoms with Crippen molar-refractivity contribution in [3.8, 4) is 0 Å². The van der Waals surface area contributed by atoms with E-state index in [4.69, 9.17) is 11.6 Å². The Labute approximate surface area is 178 Å². The quantitative estimate of drug-likeness (QED) is 0.367. The Balaban J connectivity index is 1.57. The van der Waals surface area contributed by atoms with Crippen LogP contribution in [0.15, 0.2) is 65.6 Å². The minimum Gasteiger partial charge on any atom is -0.310 e. The summed E-state index contributed by atoms with van der Waals surface area (Å²) in [6.45, 7) is 0.294. The predicted molar refractivity (Wildman–Crippen MR) is 115 cm³/mol. The highest BCUT2D eigenvalue weighted by atomic mass is 35.5. The average Bonchev–Trinajstić information content (AvgIpc) is 3.12. The largest absolute Gasteiger partial charge is 0.310 e. The standard InChI is InChI=1S/C20H13ClN4O4S/c21-13-5-3-12(4-6-13)11-24-9-1-2-15(19(24)27)18(26)23-20-22-16-8-7-14(25(28)29)10-17(16)30-20/h1-10H,11H2,(H,22,23,26). The van der Waals surface area contributed by atoms with Gasteiger partial charge >= 0.3 is 0 Å². The van der Waals surface area contributed by atoms with Crippen LogP contribution in [-0.2, 0) is 6.54 Å². The average molecular weight is 441 g/mol. The van der Waals surface area contributed by atoms with Gasteiger partial charge in [0.1, 0.15) is 5.56 Å². The first-order chi connectivity index (χ1) is 14.4. The van der Waals surface area contributed by atoms with Crippen molar-refractivity contribution in [1.29, 1.82) is 0 Å². The topological polar surface area (TPSA) is 107 Å². The van der Waals surface area contributed by atoms with Gasteiger partial charge in [-0.25, -0.2) is 4.98 Å². The van der Waals surface area contributed by atoms with Crippen molar-refractivity contribution in [2.45, 2.75) is 6.54 Å². The van der Waals surface area contributed by atoms with Gasteiger partial charge in [0.2, 0.25) is 0 Å². The lowest BCUT2D eigenvalue weighted by Crippen LogP contribution is -2.28. The zero-order valence-corrected chi connectivity index (χ0v) is 16.8. The number of carbonyl (C=O) groups excluding carboxylic acids is 1. The highest BCUT2D eigenvalue weighted by molar-refractivity contribution is 7.22. The molecule has 0 aliphatic carbocycles. The molecule has 0 atom stereocenters. The lowest BCUT2D eigenvalue weighted by molar-refractivity contribution is -0.384. The number of nitrogens with one attached hydrogen (secondary N) is 1. The number of hydrogen-bond acceptors (Lipinski definition) is 6. The zero-order valence-electron chi connectivity index (χ0n) is 15.2. The predicted octanol–water partition coefficient (Wildman–Crippen LogP) is 4.32. The first-order valence-electron chi connectivity index (χ1n) is 8.71. The molecule has 1 N–H and O–H groups in total. The number of fused-ring (bicyclic) bond motifs is 1. The van der Waals surface area contributed by atoms with E-state index in [2.05, 4.69) is 10.3 Å². The molecule has 0 radical (unpaired) electrons. The molecule has 1 amide bonds. The van der Waals surface area contributed by atoms with Crippen LogP contribution in [0.3, 0.4) is 0 Å². The molecule has 0 aliphatic heterocycles. The maximum atomic E-state index is 12.7. The minimum absolute atomic E-state index is 0.0308. The van der Waals surface area contributed by atoms with Crippen LogP contribution in [0.4, 0.5) is 10.8 Å². The van der Waals surface area contributed by atoms with E-state index in [1.165, 1.54) is 28.8 Å². The Kier molecular flexibility index (Phi) is 5.30. The molecular formula is C20H13ClN4O4S. The van der Waals surface area contributed by atoms with Gasteiger partial charge in [0.05, 0.1) is 21.7 Å². The molecule has 0 saturated heterocycles. The molecule has 10 heteroatoms. The lowest BCUT2D eigenvalue weighted by Gasteiger charge is -2.08. The van der Waals surface area contributed by atoms with E-state index in [0.29, 0.717) is 21.8 Å². The van der Waals surface area contributed by atoms with Crippen LogP contribution >= 0.6 is 22.9 Å². The molecule has 2 aromatic heterocycles. The Morgan fingerprint density at radius 2 is 1.97 bits per heavy atom. The second-order valence-electron chi connectivity index (χ2n) is 6.36. The second-order valence-corrected chi connectivity index (χ2v) is 7.83. The van der Waals surface area contributed by atoms with Gasteiger partial charge in [-0.05, 0) is 35.9 Å². The van der Waals surface area contributed by atoms with Crippen LogP contribution in [0.25, 0.3) is 10.2 Å². The molecule has 2 heterocycles. The van der Waals surface area contributed by atoms with Crippen LogP contribution in [0.5, 0.6) is 0 Å². The summed E-state index contributed by atoms with van der Waals surface area (Å²) in [5, 5.41) is 14.4. The van der Waals surface area contributed by atoms with Gasteiger partial charge in [-0.2, -0.15) is 0 Å². The Hall–Kier alpha value is -3.56. The van der Waals surface area contributed by atoms with E-state index in [1.54, 1.807) is 24.4 Å². The number of nitrogens with zero attached hydrogens (tertiary/aromatic N) is 3. The van der Waals surface area contributed by atoms with E-state index in [-0.39, 0.29) is 16.4 Å². The van der Waals surface area contributed by atoms with Crippen molar-refractivity contribution in [2.24, 2.45) is 0 Å². The van der Waals surface area contributed by atoms with Crippen molar-refractivity contribution in [2.75, 3.05) is 5.32 Å². The number of rotatable bonds is 5. The molecule has 4 rings (SSSR count). The number of nitro groups is 1. The summed E-state index contributed by atoms with van der Waals surface area (Å²) >= 11 is 6.98. The van der Waals surface area contributed by atoms with Gasteiger partial charge in [-0.15, -0.1) is 0 Å². The number of amides is 1. The summed E-state index contributed by atoms with van der Waals surface area (Å²) in [7, 11) is 0. The fourth-order valence-electron chi connectivity index (χ4n) is 2.87. The highest BCUT2D eigenvalue weighted by Crippen LogP contribution is 2.29. The van der Waals surface area contributed by atoms with Crippen molar-refractivity contribution in [3.63, 3.8) is 0 Å². The molecule has 8 nitrogen and oxygen atoms in total. The van der Waals surface area contributed by atoms with Crippen LogP contribution in [0, 0.1) is 10.1 Å². The van der Waals surface area contributed by atoms with E-state index in [1.807, 2.05) is 12.1 Å². The summed E-state index contributed by atoms with van der Waals surface area (Å²) in [6, 6.07) is 14.4. The summed E-state index contributed by atoms with van der Waals surface area (Å²) < 4.78 is 1.99. The van der Waals surface area contributed by atoms with Gasteiger partial charge in [-0.1, -0.05) is 35.1 Å². The molecule has 0 saturated carbocycles. The first kappa shape index (κ1) is 19.7. The molecule has 0 aliphatic rings. The minimum atomic E-state index is -0.598. The molecule has 0 bridgehead atoms. The summed E-state index contributed by atoms with van der Waals surface area (Å²) in [6.07, 6.45) is 1.60. The molecule has 150 valence electrons. The smallest absolute Gasteiger partial charge is 0.270 e.